The van der Waals surface area contributed by atoms with Crippen LogP contribution in [0.2, 0.25) is 0 Å². The fourth-order valence-electron chi connectivity index (χ4n) is 3.17. The highest BCUT2D eigenvalue weighted by molar-refractivity contribution is 7.14. The maximum Gasteiger partial charge on any atom is 0.185 e. The molecular formula is C22H23N3S. The number of piperazine rings is 1. The third kappa shape index (κ3) is 4.21. The first-order chi connectivity index (χ1) is 12.9. The molecule has 1 aliphatic rings. The van der Waals surface area contributed by atoms with E-state index in [-0.39, 0.29) is 0 Å². The molecule has 26 heavy (non-hydrogen) atoms. The Morgan fingerprint density at radius 2 is 1.58 bits per heavy atom. The number of thiazole rings is 1. The maximum atomic E-state index is 4.84. The van der Waals surface area contributed by atoms with E-state index >= 15 is 0 Å². The molecule has 132 valence electrons. The SMILES string of the molecule is C(=Cc1ccccc1)CN1CCN(c2nc(-c3ccccc3)cs2)CC1. The normalized spacial score (nSPS) is 15.6. The zero-order valence-corrected chi connectivity index (χ0v) is 15.6. The van der Waals surface area contributed by atoms with E-state index in [1.54, 1.807) is 11.3 Å². The maximum absolute atomic E-state index is 4.84. The Morgan fingerprint density at radius 3 is 2.31 bits per heavy atom. The fraction of sp³-hybridized carbons (Fsp3) is 0.227. The van der Waals surface area contributed by atoms with Crippen LogP contribution < -0.4 is 4.90 Å². The topological polar surface area (TPSA) is 19.4 Å². The predicted octanol–water partition coefficient (Wildman–Crippen LogP) is 4.65. The highest BCUT2D eigenvalue weighted by Crippen LogP contribution is 2.27. The summed E-state index contributed by atoms with van der Waals surface area (Å²) in [6, 6.07) is 20.9. The first kappa shape index (κ1) is 17.0. The van der Waals surface area contributed by atoms with E-state index in [0.29, 0.717) is 0 Å². The quantitative estimate of drug-likeness (QED) is 0.660. The second-order valence-electron chi connectivity index (χ2n) is 6.48. The van der Waals surface area contributed by atoms with Gasteiger partial charge in [-0.05, 0) is 5.56 Å². The highest BCUT2D eigenvalue weighted by Gasteiger charge is 2.18. The van der Waals surface area contributed by atoms with Gasteiger partial charge in [0.25, 0.3) is 0 Å². The average molecular weight is 362 g/mol. The smallest absolute Gasteiger partial charge is 0.185 e. The van der Waals surface area contributed by atoms with Crippen molar-refractivity contribution in [2.45, 2.75) is 0 Å². The predicted molar refractivity (Wildman–Crippen MR) is 112 cm³/mol. The Hall–Kier alpha value is -2.43. The van der Waals surface area contributed by atoms with E-state index < -0.39 is 0 Å². The molecule has 4 rings (SSSR count). The van der Waals surface area contributed by atoms with Gasteiger partial charge >= 0.3 is 0 Å². The van der Waals surface area contributed by atoms with Gasteiger partial charge < -0.3 is 4.90 Å². The van der Waals surface area contributed by atoms with Gasteiger partial charge in [0.15, 0.2) is 5.13 Å². The number of nitrogens with zero attached hydrogens (tertiary/aromatic N) is 3. The summed E-state index contributed by atoms with van der Waals surface area (Å²) in [6.45, 7) is 5.26. The molecule has 2 heterocycles. The molecule has 0 N–H and O–H groups in total. The molecule has 0 bridgehead atoms. The molecule has 0 spiro atoms. The van der Waals surface area contributed by atoms with Crippen molar-refractivity contribution < 1.29 is 0 Å². The van der Waals surface area contributed by atoms with E-state index in [1.807, 2.05) is 6.07 Å². The highest BCUT2D eigenvalue weighted by atomic mass is 32.1. The Balaban J connectivity index is 1.30. The average Bonchev–Trinajstić information content (AvgIpc) is 3.20. The van der Waals surface area contributed by atoms with E-state index in [4.69, 9.17) is 4.98 Å². The summed E-state index contributed by atoms with van der Waals surface area (Å²) in [4.78, 5) is 9.76. The van der Waals surface area contributed by atoms with Crippen LogP contribution in [0.1, 0.15) is 5.56 Å². The van der Waals surface area contributed by atoms with Crippen LogP contribution in [0.3, 0.4) is 0 Å². The molecule has 3 nitrogen and oxygen atoms in total. The molecule has 0 radical (unpaired) electrons. The molecule has 0 atom stereocenters. The summed E-state index contributed by atoms with van der Waals surface area (Å²) in [5.41, 5.74) is 3.54. The van der Waals surface area contributed by atoms with Crippen molar-refractivity contribution in [2.24, 2.45) is 0 Å². The fourth-order valence-corrected chi connectivity index (χ4v) is 4.06. The number of anilines is 1. The summed E-state index contributed by atoms with van der Waals surface area (Å²) in [7, 11) is 0. The molecule has 1 aliphatic heterocycles. The number of benzene rings is 2. The van der Waals surface area contributed by atoms with Crippen LogP contribution in [0.4, 0.5) is 5.13 Å². The molecule has 3 aromatic rings. The van der Waals surface area contributed by atoms with Crippen LogP contribution in [0, 0.1) is 0 Å². The third-order valence-electron chi connectivity index (χ3n) is 4.68. The van der Waals surface area contributed by atoms with Crippen molar-refractivity contribution in [1.82, 2.24) is 9.88 Å². The van der Waals surface area contributed by atoms with Crippen LogP contribution >= 0.6 is 11.3 Å². The summed E-state index contributed by atoms with van der Waals surface area (Å²) < 4.78 is 0. The van der Waals surface area contributed by atoms with E-state index in [9.17, 15) is 0 Å². The van der Waals surface area contributed by atoms with Gasteiger partial charge in [-0.25, -0.2) is 4.98 Å². The zero-order valence-electron chi connectivity index (χ0n) is 14.8. The van der Waals surface area contributed by atoms with Gasteiger partial charge in [0.1, 0.15) is 0 Å². The van der Waals surface area contributed by atoms with Crippen LogP contribution in [-0.2, 0) is 0 Å². The summed E-state index contributed by atoms with van der Waals surface area (Å²) in [6.07, 6.45) is 4.47. The monoisotopic (exact) mass is 361 g/mol. The lowest BCUT2D eigenvalue weighted by Crippen LogP contribution is -2.46. The lowest BCUT2D eigenvalue weighted by atomic mass is 10.2. The first-order valence-electron chi connectivity index (χ1n) is 9.08. The zero-order chi connectivity index (χ0) is 17.6. The Kier molecular flexibility index (Phi) is 5.43. The first-order valence-corrected chi connectivity index (χ1v) is 9.96. The van der Waals surface area contributed by atoms with Crippen LogP contribution in [-0.4, -0.2) is 42.6 Å². The minimum absolute atomic E-state index is 1.01. The molecule has 0 aliphatic carbocycles. The standard InChI is InChI=1S/C22H23N3S/c1-3-8-19(9-4-1)10-7-13-24-14-16-25(17-15-24)22-23-21(18-26-22)20-11-5-2-6-12-20/h1-12,18H,13-17H2. The third-order valence-corrected chi connectivity index (χ3v) is 5.58. The van der Waals surface area contributed by atoms with Crippen molar-refractivity contribution in [3.8, 4) is 11.3 Å². The Bertz CT molecular complexity index is 834. The van der Waals surface area contributed by atoms with E-state index in [0.717, 1.165) is 43.5 Å². The Morgan fingerprint density at radius 1 is 0.885 bits per heavy atom. The molecule has 1 fully saturated rings. The van der Waals surface area contributed by atoms with Crippen LogP contribution in [0.25, 0.3) is 17.3 Å². The van der Waals surface area contributed by atoms with Crippen molar-refractivity contribution in [3.05, 3.63) is 77.7 Å². The largest absolute Gasteiger partial charge is 0.346 e. The second kappa shape index (κ2) is 8.30. The van der Waals surface area contributed by atoms with Gasteiger partial charge in [-0.3, -0.25) is 4.90 Å². The van der Waals surface area contributed by atoms with Crippen LogP contribution in [0.5, 0.6) is 0 Å². The molecule has 0 saturated carbocycles. The molecular weight excluding hydrogens is 338 g/mol. The molecule has 0 amide bonds. The molecule has 1 aromatic heterocycles. The molecule has 1 saturated heterocycles. The van der Waals surface area contributed by atoms with Gasteiger partial charge in [0.05, 0.1) is 5.69 Å². The van der Waals surface area contributed by atoms with Gasteiger partial charge in [0, 0.05) is 43.7 Å². The minimum atomic E-state index is 1.01. The second-order valence-corrected chi connectivity index (χ2v) is 7.32. The molecule has 0 unspecified atom stereocenters. The van der Waals surface area contributed by atoms with Crippen molar-refractivity contribution in [2.75, 3.05) is 37.6 Å². The number of rotatable bonds is 5. The van der Waals surface area contributed by atoms with Gasteiger partial charge in [-0.1, -0.05) is 72.8 Å². The van der Waals surface area contributed by atoms with Crippen LogP contribution in [0.15, 0.2) is 72.1 Å². The lowest BCUT2D eigenvalue weighted by Gasteiger charge is -2.33. The van der Waals surface area contributed by atoms with Gasteiger partial charge in [0.2, 0.25) is 0 Å². The van der Waals surface area contributed by atoms with Crippen molar-refractivity contribution in [3.63, 3.8) is 0 Å². The minimum Gasteiger partial charge on any atom is -0.346 e. The Labute approximate surface area is 159 Å². The molecule has 4 heteroatoms. The van der Waals surface area contributed by atoms with E-state index in [2.05, 4.69) is 81.9 Å². The van der Waals surface area contributed by atoms with Crippen molar-refractivity contribution >= 4 is 22.5 Å². The van der Waals surface area contributed by atoms with E-state index in [1.165, 1.54) is 11.1 Å². The van der Waals surface area contributed by atoms with Crippen molar-refractivity contribution in [1.29, 1.82) is 0 Å². The number of hydrogen-bond acceptors (Lipinski definition) is 4. The number of aromatic nitrogens is 1. The number of hydrogen-bond donors (Lipinski definition) is 0. The van der Waals surface area contributed by atoms with Gasteiger partial charge in [-0.15, -0.1) is 11.3 Å². The summed E-state index contributed by atoms with van der Waals surface area (Å²) in [5.74, 6) is 0. The summed E-state index contributed by atoms with van der Waals surface area (Å²) in [5, 5.41) is 3.31. The summed E-state index contributed by atoms with van der Waals surface area (Å²) >= 11 is 1.75. The molecule has 2 aromatic carbocycles. The van der Waals surface area contributed by atoms with Gasteiger partial charge in [-0.2, -0.15) is 0 Å². The lowest BCUT2D eigenvalue weighted by molar-refractivity contribution is 0.284.